The average Bonchev–Trinajstić information content (AvgIpc) is 2.41. The van der Waals surface area contributed by atoms with Gasteiger partial charge in [-0.15, -0.1) is 0 Å². The van der Waals surface area contributed by atoms with Crippen LogP contribution in [0.25, 0.3) is 0 Å². The summed E-state index contributed by atoms with van der Waals surface area (Å²) in [6, 6.07) is 20.7. The molecule has 1 nitrogen and oxygen atoms in total. The lowest BCUT2D eigenvalue weighted by atomic mass is 10.1. The lowest BCUT2D eigenvalue weighted by molar-refractivity contribution is 1.23. The maximum Gasteiger partial charge on any atom is 0.0342 e. The van der Waals surface area contributed by atoms with E-state index in [0.717, 1.165) is 18.7 Å². The summed E-state index contributed by atoms with van der Waals surface area (Å²) in [7, 11) is 0. The highest BCUT2D eigenvalue weighted by molar-refractivity contribution is 5.42. The fraction of sp³-hybridized carbons (Fsp3) is 0.125. The molecule has 1 heteroatoms. The molecule has 0 bridgehead atoms. The van der Waals surface area contributed by atoms with Crippen molar-refractivity contribution >= 4 is 5.69 Å². The predicted octanol–water partition coefficient (Wildman–Crippen LogP) is 3.90. The molecular weight excluding hydrogens is 206 g/mol. The monoisotopic (exact) mass is 223 g/mol. The zero-order valence-corrected chi connectivity index (χ0v) is 9.84. The number of anilines is 1. The molecule has 0 aromatic heterocycles. The molecule has 86 valence electrons. The number of allylic oxidation sites excluding steroid dienone is 1. The molecule has 17 heavy (non-hydrogen) atoms. The largest absolute Gasteiger partial charge is 0.382 e. The second kappa shape index (κ2) is 6.54. The molecule has 0 aliphatic rings. The van der Waals surface area contributed by atoms with Gasteiger partial charge in [-0.25, -0.2) is 0 Å². The molecule has 0 unspecified atom stereocenters. The molecule has 0 saturated carbocycles. The number of hydrogen-bond donors (Lipinski definition) is 1. The van der Waals surface area contributed by atoms with Gasteiger partial charge in [0.05, 0.1) is 0 Å². The van der Waals surface area contributed by atoms with Crippen LogP contribution in [0.15, 0.2) is 72.8 Å². The van der Waals surface area contributed by atoms with Crippen molar-refractivity contribution in [1.29, 1.82) is 0 Å². The maximum atomic E-state index is 3.34. The third-order valence-electron chi connectivity index (χ3n) is 2.56. The van der Waals surface area contributed by atoms with E-state index in [9.17, 15) is 0 Å². The molecule has 0 fully saturated rings. The van der Waals surface area contributed by atoms with E-state index >= 15 is 0 Å². The molecule has 0 atom stereocenters. The Bertz CT molecular complexity index is 445. The summed E-state index contributed by atoms with van der Waals surface area (Å²) < 4.78 is 0. The van der Waals surface area contributed by atoms with Crippen LogP contribution in [-0.2, 0) is 6.42 Å². The highest BCUT2D eigenvalue weighted by Gasteiger charge is 1.87. The van der Waals surface area contributed by atoms with Crippen molar-refractivity contribution in [2.24, 2.45) is 0 Å². The second-order valence-corrected chi connectivity index (χ2v) is 3.91. The standard InChI is InChI=1S/C16H17N/c1-3-9-15(10-4-1)11-7-8-14-17-16-12-5-2-6-13-16/h1-10,12-13,17H,11,14H2/b8-7+. The van der Waals surface area contributed by atoms with Crippen LogP contribution in [0.2, 0.25) is 0 Å². The van der Waals surface area contributed by atoms with Gasteiger partial charge in [-0.3, -0.25) is 0 Å². The van der Waals surface area contributed by atoms with E-state index in [4.69, 9.17) is 0 Å². The van der Waals surface area contributed by atoms with E-state index in [2.05, 4.69) is 53.9 Å². The Morgan fingerprint density at radius 2 is 1.41 bits per heavy atom. The highest BCUT2D eigenvalue weighted by atomic mass is 14.8. The lowest BCUT2D eigenvalue weighted by Crippen LogP contribution is -1.97. The molecule has 0 radical (unpaired) electrons. The van der Waals surface area contributed by atoms with Crippen LogP contribution in [-0.4, -0.2) is 6.54 Å². The predicted molar refractivity (Wildman–Crippen MR) is 74.2 cm³/mol. The van der Waals surface area contributed by atoms with Gasteiger partial charge in [0.25, 0.3) is 0 Å². The minimum Gasteiger partial charge on any atom is -0.382 e. The Hall–Kier alpha value is -2.02. The van der Waals surface area contributed by atoms with E-state index in [1.807, 2.05) is 24.3 Å². The Labute approximate surface area is 103 Å². The third kappa shape index (κ3) is 4.15. The molecular formula is C16H17N. The summed E-state index contributed by atoms with van der Waals surface area (Å²) in [4.78, 5) is 0. The quantitative estimate of drug-likeness (QED) is 0.758. The fourth-order valence-electron chi connectivity index (χ4n) is 1.65. The lowest BCUT2D eigenvalue weighted by Gasteiger charge is -2.01. The first-order chi connectivity index (χ1) is 8.45. The molecule has 0 saturated heterocycles. The first kappa shape index (κ1) is 11.5. The van der Waals surface area contributed by atoms with E-state index < -0.39 is 0 Å². The highest BCUT2D eigenvalue weighted by Crippen LogP contribution is 2.04. The van der Waals surface area contributed by atoms with Gasteiger partial charge < -0.3 is 5.32 Å². The first-order valence-corrected chi connectivity index (χ1v) is 5.93. The van der Waals surface area contributed by atoms with Crippen molar-refractivity contribution in [3.05, 3.63) is 78.4 Å². The minimum atomic E-state index is 0.872. The van der Waals surface area contributed by atoms with Gasteiger partial charge in [-0.1, -0.05) is 60.7 Å². The summed E-state index contributed by atoms with van der Waals surface area (Å²) in [6.45, 7) is 0.872. The summed E-state index contributed by atoms with van der Waals surface area (Å²) in [5, 5.41) is 3.34. The van der Waals surface area contributed by atoms with Crippen molar-refractivity contribution in [2.75, 3.05) is 11.9 Å². The van der Waals surface area contributed by atoms with Crippen LogP contribution in [0.1, 0.15) is 5.56 Å². The Balaban J connectivity index is 1.72. The van der Waals surface area contributed by atoms with Gasteiger partial charge >= 0.3 is 0 Å². The fourth-order valence-corrected chi connectivity index (χ4v) is 1.65. The van der Waals surface area contributed by atoms with Crippen LogP contribution < -0.4 is 5.32 Å². The maximum absolute atomic E-state index is 3.34. The van der Waals surface area contributed by atoms with Crippen LogP contribution >= 0.6 is 0 Å². The molecule has 2 aromatic rings. The molecule has 2 aromatic carbocycles. The van der Waals surface area contributed by atoms with E-state index in [-0.39, 0.29) is 0 Å². The number of para-hydroxylation sites is 1. The molecule has 0 amide bonds. The van der Waals surface area contributed by atoms with E-state index in [1.54, 1.807) is 0 Å². The molecule has 0 aliphatic carbocycles. The molecule has 0 heterocycles. The minimum absolute atomic E-state index is 0.872. The summed E-state index contributed by atoms with van der Waals surface area (Å²) in [5.74, 6) is 0. The van der Waals surface area contributed by atoms with Crippen LogP contribution in [0.4, 0.5) is 5.69 Å². The van der Waals surface area contributed by atoms with Gasteiger partial charge in [-0.2, -0.15) is 0 Å². The SMILES string of the molecule is C(=C\Cc1ccccc1)/CNc1ccccc1. The third-order valence-corrected chi connectivity index (χ3v) is 2.56. The molecule has 1 N–H and O–H groups in total. The van der Waals surface area contributed by atoms with Crippen molar-refractivity contribution in [1.82, 2.24) is 0 Å². The topological polar surface area (TPSA) is 12.0 Å². The van der Waals surface area contributed by atoms with Crippen LogP contribution in [0, 0.1) is 0 Å². The molecule has 0 spiro atoms. The smallest absolute Gasteiger partial charge is 0.0342 e. The number of benzene rings is 2. The van der Waals surface area contributed by atoms with Crippen molar-refractivity contribution in [3.8, 4) is 0 Å². The van der Waals surface area contributed by atoms with Gasteiger partial charge in [0, 0.05) is 12.2 Å². The zero-order chi connectivity index (χ0) is 11.8. The van der Waals surface area contributed by atoms with E-state index in [0.29, 0.717) is 0 Å². The molecule has 0 aliphatic heterocycles. The first-order valence-electron chi connectivity index (χ1n) is 5.93. The van der Waals surface area contributed by atoms with Gasteiger partial charge in [0.1, 0.15) is 0 Å². The number of hydrogen-bond acceptors (Lipinski definition) is 1. The Morgan fingerprint density at radius 1 is 0.765 bits per heavy atom. The van der Waals surface area contributed by atoms with E-state index in [1.165, 1.54) is 5.56 Å². The number of rotatable bonds is 5. The van der Waals surface area contributed by atoms with Gasteiger partial charge in [0.2, 0.25) is 0 Å². The van der Waals surface area contributed by atoms with Crippen molar-refractivity contribution in [2.45, 2.75) is 6.42 Å². The normalized spacial score (nSPS) is 10.6. The average molecular weight is 223 g/mol. The molecule has 2 rings (SSSR count). The van der Waals surface area contributed by atoms with Crippen molar-refractivity contribution < 1.29 is 0 Å². The van der Waals surface area contributed by atoms with Gasteiger partial charge in [-0.05, 0) is 24.1 Å². The summed E-state index contributed by atoms with van der Waals surface area (Å²) in [6.07, 6.45) is 5.36. The van der Waals surface area contributed by atoms with Crippen molar-refractivity contribution in [3.63, 3.8) is 0 Å². The van der Waals surface area contributed by atoms with Crippen LogP contribution in [0.5, 0.6) is 0 Å². The summed E-state index contributed by atoms with van der Waals surface area (Å²) in [5.41, 5.74) is 2.51. The number of nitrogens with one attached hydrogen (secondary N) is 1. The summed E-state index contributed by atoms with van der Waals surface area (Å²) >= 11 is 0. The second-order valence-electron chi connectivity index (χ2n) is 3.91. The zero-order valence-electron chi connectivity index (χ0n) is 9.84. The van der Waals surface area contributed by atoms with Crippen LogP contribution in [0.3, 0.4) is 0 Å². The Morgan fingerprint density at radius 3 is 2.12 bits per heavy atom. The van der Waals surface area contributed by atoms with Gasteiger partial charge in [0.15, 0.2) is 0 Å². The Kier molecular flexibility index (Phi) is 4.41.